The number of carboxylic acid groups (broad SMARTS) is 1. The molecule has 0 aromatic carbocycles. The Labute approximate surface area is 116 Å². The maximum Gasteiger partial charge on any atom is 0.407 e. The number of carbonyl (C=O) groups is 2. The van der Waals surface area contributed by atoms with Crippen molar-refractivity contribution in [3.63, 3.8) is 0 Å². The minimum absolute atomic E-state index is 0.0567. The summed E-state index contributed by atoms with van der Waals surface area (Å²) in [6, 6.07) is -0.156. The van der Waals surface area contributed by atoms with Gasteiger partial charge in [-0.25, -0.2) is 9.78 Å². The molecule has 1 aliphatic heterocycles. The van der Waals surface area contributed by atoms with Crippen LogP contribution in [0.15, 0.2) is 12.4 Å². The van der Waals surface area contributed by atoms with Gasteiger partial charge in [0.25, 0.3) is 5.91 Å². The number of hydrogen-bond acceptors (Lipinski definition) is 4. The molecule has 0 bridgehead atoms. The van der Waals surface area contributed by atoms with Gasteiger partial charge in [0.1, 0.15) is 0 Å². The first kappa shape index (κ1) is 14.3. The van der Waals surface area contributed by atoms with Crippen LogP contribution in [0.25, 0.3) is 0 Å². The third-order valence-corrected chi connectivity index (χ3v) is 3.55. The SMILES string of the molecule is CN(C)C1CN(C(=O)O)CCC1NC(=O)c1ncc[nH]1. The number of likely N-dealkylation sites (N-methyl/N-ethyl adjacent to an activating group) is 1. The van der Waals surface area contributed by atoms with Crippen molar-refractivity contribution in [2.24, 2.45) is 0 Å². The molecule has 2 rings (SSSR count). The van der Waals surface area contributed by atoms with E-state index in [0.717, 1.165) is 0 Å². The average molecular weight is 281 g/mol. The van der Waals surface area contributed by atoms with E-state index in [4.69, 9.17) is 5.11 Å². The van der Waals surface area contributed by atoms with Crippen LogP contribution in [0, 0.1) is 0 Å². The monoisotopic (exact) mass is 281 g/mol. The zero-order valence-electron chi connectivity index (χ0n) is 11.5. The van der Waals surface area contributed by atoms with Crippen LogP contribution in [-0.2, 0) is 0 Å². The highest BCUT2D eigenvalue weighted by Crippen LogP contribution is 2.15. The number of carbonyl (C=O) groups excluding carboxylic acids is 1. The molecule has 110 valence electrons. The van der Waals surface area contributed by atoms with E-state index in [1.54, 1.807) is 6.20 Å². The summed E-state index contributed by atoms with van der Waals surface area (Å²) in [7, 11) is 3.75. The summed E-state index contributed by atoms with van der Waals surface area (Å²) in [5.41, 5.74) is 0. The number of imidazole rings is 1. The van der Waals surface area contributed by atoms with Crippen LogP contribution >= 0.6 is 0 Å². The van der Waals surface area contributed by atoms with Crippen LogP contribution in [0.1, 0.15) is 17.0 Å². The van der Waals surface area contributed by atoms with Gasteiger partial charge in [0.05, 0.1) is 0 Å². The molecule has 1 fully saturated rings. The highest BCUT2D eigenvalue weighted by molar-refractivity contribution is 5.90. The van der Waals surface area contributed by atoms with Gasteiger partial charge in [0.2, 0.25) is 0 Å². The summed E-state index contributed by atoms with van der Waals surface area (Å²) >= 11 is 0. The van der Waals surface area contributed by atoms with Gasteiger partial charge >= 0.3 is 6.09 Å². The van der Waals surface area contributed by atoms with Crippen LogP contribution in [0.2, 0.25) is 0 Å². The molecule has 20 heavy (non-hydrogen) atoms. The van der Waals surface area contributed by atoms with Gasteiger partial charge in [-0.05, 0) is 20.5 Å². The molecule has 1 saturated heterocycles. The first-order valence-electron chi connectivity index (χ1n) is 6.43. The fourth-order valence-corrected chi connectivity index (χ4v) is 2.42. The predicted octanol–water partition coefficient (Wildman–Crippen LogP) is -0.178. The summed E-state index contributed by atoms with van der Waals surface area (Å²) in [5.74, 6) is -0.00112. The third kappa shape index (κ3) is 3.08. The zero-order valence-corrected chi connectivity index (χ0v) is 11.5. The van der Waals surface area contributed by atoms with Crippen LogP contribution in [-0.4, -0.2) is 76.1 Å². The maximum absolute atomic E-state index is 12.0. The minimum atomic E-state index is -0.923. The number of likely N-dealkylation sites (tertiary alicyclic amines) is 1. The Balaban J connectivity index is 2.03. The lowest BCUT2D eigenvalue weighted by atomic mass is 9.98. The van der Waals surface area contributed by atoms with E-state index < -0.39 is 6.09 Å². The Morgan fingerprint density at radius 1 is 1.55 bits per heavy atom. The Kier molecular flexibility index (Phi) is 4.23. The zero-order chi connectivity index (χ0) is 14.7. The average Bonchev–Trinajstić information content (AvgIpc) is 2.92. The molecule has 0 spiro atoms. The molecule has 0 radical (unpaired) electrons. The van der Waals surface area contributed by atoms with E-state index >= 15 is 0 Å². The van der Waals surface area contributed by atoms with Crippen LogP contribution in [0.3, 0.4) is 0 Å². The molecule has 8 heteroatoms. The number of aromatic nitrogens is 2. The van der Waals surface area contributed by atoms with E-state index in [1.165, 1.54) is 11.1 Å². The third-order valence-electron chi connectivity index (χ3n) is 3.55. The number of H-pyrrole nitrogens is 1. The molecule has 1 aliphatic rings. The van der Waals surface area contributed by atoms with Gasteiger partial charge in [0.15, 0.2) is 5.82 Å². The Morgan fingerprint density at radius 2 is 2.30 bits per heavy atom. The summed E-state index contributed by atoms with van der Waals surface area (Å²) in [5, 5.41) is 12.0. The summed E-state index contributed by atoms with van der Waals surface area (Å²) < 4.78 is 0. The first-order chi connectivity index (χ1) is 9.49. The summed E-state index contributed by atoms with van der Waals surface area (Å²) in [6.07, 6.45) is 2.77. The summed E-state index contributed by atoms with van der Waals surface area (Å²) in [6.45, 7) is 0.800. The molecule has 0 aliphatic carbocycles. The number of aromatic amines is 1. The standard InChI is InChI=1S/C12H19N5O3/c1-16(2)9-7-17(12(19)20)6-3-8(9)15-11(18)10-13-4-5-14-10/h4-5,8-9H,3,6-7H2,1-2H3,(H,13,14)(H,15,18)(H,19,20). The van der Waals surface area contributed by atoms with Crippen molar-refractivity contribution in [3.8, 4) is 0 Å². The lowest BCUT2D eigenvalue weighted by Gasteiger charge is -2.40. The fraction of sp³-hybridized carbons (Fsp3) is 0.583. The predicted molar refractivity (Wildman–Crippen MR) is 71.5 cm³/mol. The molecule has 1 aromatic heterocycles. The second-order valence-electron chi connectivity index (χ2n) is 5.07. The molecule has 8 nitrogen and oxygen atoms in total. The van der Waals surface area contributed by atoms with Crippen LogP contribution in [0.5, 0.6) is 0 Å². The molecule has 1 aromatic rings. The number of amides is 2. The van der Waals surface area contributed by atoms with Gasteiger partial charge in [-0.15, -0.1) is 0 Å². The smallest absolute Gasteiger partial charge is 0.407 e. The Morgan fingerprint density at radius 3 is 2.85 bits per heavy atom. The Bertz CT molecular complexity index is 473. The second-order valence-corrected chi connectivity index (χ2v) is 5.07. The van der Waals surface area contributed by atoms with E-state index in [1.807, 2.05) is 19.0 Å². The van der Waals surface area contributed by atoms with E-state index in [-0.39, 0.29) is 23.8 Å². The fourth-order valence-electron chi connectivity index (χ4n) is 2.42. The van der Waals surface area contributed by atoms with Gasteiger partial charge < -0.3 is 25.2 Å². The van der Waals surface area contributed by atoms with E-state index in [9.17, 15) is 9.59 Å². The molecule has 0 saturated carbocycles. The molecule has 2 amide bonds. The van der Waals surface area contributed by atoms with Gasteiger partial charge in [-0.2, -0.15) is 0 Å². The van der Waals surface area contributed by atoms with Crippen LogP contribution in [0.4, 0.5) is 4.79 Å². The molecule has 3 N–H and O–H groups in total. The topological polar surface area (TPSA) is 102 Å². The highest BCUT2D eigenvalue weighted by Gasteiger charge is 2.34. The number of nitrogens with one attached hydrogen (secondary N) is 2. The minimum Gasteiger partial charge on any atom is -0.465 e. The highest BCUT2D eigenvalue weighted by atomic mass is 16.4. The maximum atomic E-state index is 12.0. The van der Waals surface area contributed by atoms with Gasteiger partial charge in [-0.3, -0.25) is 4.79 Å². The quantitative estimate of drug-likeness (QED) is 0.713. The van der Waals surface area contributed by atoms with Crippen molar-refractivity contribution in [3.05, 3.63) is 18.2 Å². The van der Waals surface area contributed by atoms with Gasteiger partial charge in [0, 0.05) is 37.6 Å². The van der Waals surface area contributed by atoms with Crippen molar-refractivity contribution in [2.75, 3.05) is 27.2 Å². The largest absolute Gasteiger partial charge is 0.465 e. The Hall–Kier alpha value is -2.09. The number of hydrogen-bond donors (Lipinski definition) is 3. The number of nitrogens with zero attached hydrogens (tertiary/aromatic N) is 3. The molecule has 2 heterocycles. The normalized spacial score (nSPS) is 22.9. The lowest BCUT2D eigenvalue weighted by Crippen LogP contribution is -2.59. The lowest BCUT2D eigenvalue weighted by molar-refractivity contribution is 0.0742. The second kappa shape index (κ2) is 5.91. The van der Waals surface area contributed by atoms with E-state index in [0.29, 0.717) is 19.5 Å². The van der Waals surface area contributed by atoms with Crippen molar-refractivity contribution in [1.82, 2.24) is 25.1 Å². The van der Waals surface area contributed by atoms with E-state index in [2.05, 4.69) is 15.3 Å². The van der Waals surface area contributed by atoms with Crippen molar-refractivity contribution >= 4 is 12.0 Å². The molecule has 2 atom stereocenters. The first-order valence-corrected chi connectivity index (χ1v) is 6.43. The number of rotatable bonds is 3. The number of piperidine rings is 1. The van der Waals surface area contributed by atoms with Crippen LogP contribution < -0.4 is 5.32 Å². The van der Waals surface area contributed by atoms with Crippen molar-refractivity contribution < 1.29 is 14.7 Å². The molecular formula is C12H19N5O3. The van der Waals surface area contributed by atoms with Crippen molar-refractivity contribution in [1.29, 1.82) is 0 Å². The molecular weight excluding hydrogens is 262 g/mol. The summed E-state index contributed by atoms with van der Waals surface area (Å²) in [4.78, 5) is 33.0. The molecule has 2 unspecified atom stereocenters. The van der Waals surface area contributed by atoms with Gasteiger partial charge in [-0.1, -0.05) is 0 Å². The van der Waals surface area contributed by atoms with Crippen molar-refractivity contribution in [2.45, 2.75) is 18.5 Å².